The number of aryl methyl sites for hydroxylation is 2. The van der Waals surface area contributed by atoms with Crippen LogP contribution in [0.1, 0.15) is 35.6 Å². The Morgan fingerprint density at radius 2 is 1.22 bits per heavy atom. The summed E-state index contributed by atoms with van der Waals surface area (Å²) >= 11 is 0. The highest BCUT2D eigenvalue weighted by atomic mass is 16.6. The molecule has 190 valence electrons. The fraction of sp³-hybridized carbons (Fsp3) is 0.167. The highest BCUT2D eigenvalue weighted by molar-refractivity contribution is 6.07. The zero-order valence-corrected chi connectivity index (χ0v) is 18.4. The van der Waals surface area contributed by atoms with Crippen LogP contribution < -0.4 is 16.4 Å². The number of amides is 2. The molecule has 2 amide bonds. The normalized spacial score (nSPS) is 9.50. The lowest BCUT2D eigenvalue weighted by molar-refractivity contribution is -0.392. The first-order valence-electron chi connectivity index (χ1n) is 9.94. The molecular weight excluding hydrogens is 464 g/mol. The summed E-state index contributed by atoms with van der Waals surface area (Å²) < 4.78 is 2.51. The predicted octanol–water partition coefficient (Wildman–Crippen LogP) is 4.11. The van der Waals surface area contributed by atoms with Gasteiger partial charge in [0.25, 0.3) is 11.8 Å². The van der Waals surface area contributed by atoms with E-state index >= 15 is 0 Å². The van der Waals surface area contributed by atoms with Crippen molar-refractivity contribution in [3.8, 4) is 0 Å². The quantitative estimate of drug-likeness (QED) is 0.278. The molecular formula is C24H30N8O4. The van der Waals surface area contributed by atoms with Crippen LogP contribution in [-0.4, -0.2) is 36.3 Å². The van der Waals surface area contributed by atoms with E-state index in [1.807, 2.05) is 36.4 Å². The highest BCUT2D eigenvalue weighted by Gasteiger charge is 2.25. The predicted molar refractivity (Wildman–Crippen MR) is 140 cm³/mol. The number of nitrogens with zero attached hydrogens (tertiary/aromatic N) is 5. The van der Waals surface area contributed by atoms with Gasteiger partial charge in [0.05, 0.1) is 12.4 Å². The summed E-state index contributed by atoms with van der Waals surface area (Å²) in [6.07, 6.45) is 2.63. The molecule has 0 bridgehead atoms. The number of nitrogens with one attached hydrogen (secondary N) is 2. The second kappa shape index (κ2) is 13.0. The third kappa shape index (κ3) is 7.00. The first-order valence-corrected chi connectivity index (χ1v) is 9.94. The van der Waals surface area contributed by atoms with Gasteiger partial charge in [0, 0.05) is 18.4 Å². The highest BCUT2D eigenvalue weighted by Crippen LogP contribution is 2.18. The number of carbonyl (C=O) groups is 2. The van der Waals surface area contributed by atoms with Crippen molar-refractivity contribution in [1.29, 1.82) is 0 Å². The fourth-order valence-electron chi connectivity index (χ4n) is 2.87. The Bertz CT molecular complexity index is 1300. The van der Waals surface area contributed by atoms with Gasteiger partial charge in [-0.05, 0) is 29.2 Å². The molecule has 4 rings (SSSR count). The Balaban J connectivity index is 0.000000343. The molecule has 12 heteroatoms. The number of hydrogen-bond donors (Lipinski definition) is 3. The molecule has 12 nitrogen and oxygen atoms in total. The summed E-state index contributed by atoms with van der Waals surface area (Å²) in [6, 6.07) is 17.9. The first-order chi connectivity index (χ1) is 16.3. The second-order valence-electron chi connectivity index (χ2n) is 6.97. The van der Waals surface area contributed by atoms with Gasteiger partial charge >= 0.3 is 5.82 Å². The smallest absolute Gasteiger partial charge is 0.357 e. The van der Waals surface area contributed by atoms with Crippen LogP contribution in [0.15, 0.2) is 73.1 Å². The number of nitro groups is 1. The number of hydrogen-bond acceptors (Lipinski definition) is 7. The number of benzene rings is 2. The SMILES string of the molecule is C.C.Cn1ncc(C(=O)Nc2ccccc2)c1N.Cn1ncc(C(=O)Nc2ccccc2)c1[N+](=O)[O-]. The van der Waals surface area contributed by atoms with Gasteiger partial charge in [0.1, 0.15) is 18.4 Å². The Kier molecular flexibility index (Phi) is 10.5. The van der Waals surface area contributed by atoms with Gasteiger partial charge in [-0.2, -0.15) is 5.10 Å². The summed E-state index contributed by atoms with van der Waals surface area (Å²) in [4.78, 5) is 33.9. The van der Waals surface area contributed by atoms with Gasteiger partial charge in [-0.15, -0.1) is 4.68 Å². The van der Waals surface area contributed by atoms with Gasteiger partial charge in [-0.25, -0.2) is 0 Å². The van der Waals surface area contributed by atoms with Gasteiger partial charge in [-0.1, -0.05) is 56.4 Å². The molecule has 4 aromatic rings. The van der Waals surface area contributed by atoms with Crippen LogP contribution in [0.3, 0.4) is 0 Å². The van der Waals surface area contributed by atoms with E-state index in [1.165, 1.54) is 24.1 Å². The first kappa shape index (κ1) is 29.0. The van der Waals surface area contributed by atoms with E-state index in [-0.39, 0.29) is 32.1 Å². The molecule has 0 saturated carbocycles. The van der Waals surface area contributed by atoms with Gasteiger partial charge in [0.2, 0.25) is 0 Å². The third-order valence-corrected chi connectivity index (χ3v) is 4.62. The van der Waals surface area contributed by atoms with E-state index in [0.29, 0.717) is 17.1 Å². The van der Waals surface area contributed by atoms with Crippen molar-refractivity contribution in [1.82, 2.24) is 19.6 Å². The zero-order valence-electron chi connectivity index (χ0n) is 18.4. The molecule has 0 saturated heterocycles. The van der Waals surface area contributed by atoms with E-state index in [4.69, 9.17) is 5.73 Å². The van der Waals surface area contributed by atoms with E-state index in [0.717, 1.165) is 10.4 Å². The van der Waals surface area contributed by atoms with E-state index in [2.05, 4.69) is 20.8 Å². The molecule has 0 spiro atoms. The lowest BCUT2D eigenvalue weighted by Gasteiger charge is -2.03. The van der Waals surface area contributed by atoms with Crippen molar-refractivity contribution in [3.05, 3.63) is 94.3 Å². The lowest BCUT2D eigenvalue weighted by Crippen LogP contribution is -2.13. The van der Waals surface area contributed by atoms with E-state index < -0.39 is 10.8 Å². The van der Waals surface area contributed by atoms with Crippen molar-refractivity contribution >= 4 is 34.8 Å². The molecule has 4 N–H and O–H groups in total. The number of aromatic nitrogens is 4. The molecule has 0 fully saturated rings. The molecule has 2 aromatic heterocycles. The van der Waals surface area contributed by atoms with Crippen molar-refractivity contribution in [3.63, 3.8) is 0 Å². The molecule has 0 atom stereocenters. The van der Waals surface area contributed by atoms with Gasteiger partial charge in [0.15, 0.2) is 5.56 Å². The summed E-state index contributed by atoms with van der Waals surface area (Å²) in [5.74, 6) is -0.783. The average molecular weight is 495 g/mol. The largest absolute Gasteiger partial charge is 0.383 e. The van der Waals surface area contributed by atoms with Gasteiger partial charge < -0.3 is 26.5 Å². The van der Waals surface area contributed by atoms with Crippen molar-refractivity contribution in [2.45, 2.75) is 14.9 Å². The Morgan fingerprint density at radius 3 is 1.64 bits per heavy atom. The molecule has 0 unspecified atom stereocenters. The molecule has 2 heterocycles. The van der Waals surface area contributed by atoms with Crippen molar-refractivity contribution in [2.75, 3.05) is 16.4 Å². The minimum absolute atomic E-state index is 0. The number of anilines is 3. The molecule has 2 aromatic carbocycles. The second-order valence-corrected chi connectivity index (χ2v) is 6.97. The maximum Gasteiger partial charge on any atom is 0.357 e. The van der Waals surface area contributed by atoms with Crippen molar-refractivity contribution < 1.29 is 14.5 Å². The van der Waals surface area contributed by atoms with E-state index in [9.17, 15) is 19.7 Å². The van der Waals surface area contributed by atoms with Gasteiger partial charge in [-0.3, -0.25) is 14.3 Å². The topological polar surface area (TPSA) is 163 Å². The number of para-hydroxylation sites is 2. The number of rotatable bonds is 5. The molecule has 0 radical (unpaired) electrons. The Morgan fingerprint density at radius 1 is 0.806 bits per heavy atom. The summed E-state index contributed by atoms with van der Waals surface area (Å²) in [5, 5.41) is 23.8. The summed E-state index contributed by atoms with van der Waals surface area (Å²) in [5.41, 5.74) is 7.32. The van der Waals surface area contributed by atoms with Crippen LogP contribution in [0, 0.1) is 10.1 Å². The van der Waals surface area contributed by atoms with Crippen LogP contribution >= 0.6 is 0 Å². The zero-order chi connectivity index (χ0) is 24.7. The Hall–Kier alpha value is -5.00. The van der Waals surface area contributed by atoms with Crippen LogP contribution in [0.4, 0.5) is 23.0 Å². The van der Waals surface area contributed by atoms with Crippen LogP contribution in [-0.2, 0) is 14.1 Å². The number of nitrogens with two attached hydrogens (primary N) is 1. The maximum absolute atomic E-state index is 11.9. The van der Waals surface area contributed by atoms with Crippen LogP contribution in [0.2, 0.25) is 0 Å². The van der Waals surface area contributed by atoms with E-state index in [1.54, 1.807) is 31.3 Å². The maximum atomic E-state index is 11.9. The molecule has 0 aliphatic carbocycles. The Labute approximate surface area is 208 Å². The lowest BCUT2D eigenvalue weighted by atomic mass is 10.2. The summed E-state index contributed by atoms with van der Waals surface area (Å²) in [6.45, 7) is 0. The minimum atomic E-state index is -0.632. The summed E-state index contributed by atoms with van der Waals surface area (Å²) in [7, 11) is 3.10. The number of nitrogen functional groups attached to an aromatic ring is 1. The monoisotopic (exact) mass is 494 g/mol. The average Bonchev–Trinajstić information content (AvgIpc) is 3.38. The van der Waals surface area contributed by atoms with Crippen LogP contribution in [0.5, 0.6) is 0 Å². The fourth-order valence-corrected chi connectivity index (χ4v) is 2.87. The molecule has 36 heavy (non-hydrogen) atoms. The minimum Gasteiger partial charge on any atom is -0.383 e. The molecule has 0 aliphatic heterocycles. The number of carbonyl (C=O) groups excluding carboxylic acids is 2. The standard InChI is InChI=1S/C11H10N4O3.C11H12N4O.2CH4/c1-14-11(15(17)18)9(7-12-14)10(16)13-8-5-3-2-4-6-8;1-15-10(12)9(7-13-15)11(16)14-8-5-3-2-4-6-8;;/h2-7H,1H3,(H,13,16);2-7H,12H2,1H3,(H,14,16);2*1H4. The third-order valence-electron chi connectivity index (χ3n) is 4.62. The van der Waals surface area contributed by atoms with Crippen LogP contribution in [0.25, 0.3) is 0 Å². The van der Waals surface area contributed by atoms with Crippen molar-refractivity contribution in [2.24, 2.45) is 14.1 Å². The molecule has 0 aliphatic rings.